The third-order valence-corrected chi connectivity index (χ3v) is 4.97. The molecule has 3 N–H and O–H groups in total. The fraction of sp³-hybridized carbons (Fsp3) is 0.429. The molecule has 0 bridgehead atoms. The lowest BCUT2D eigenvalue weighted by atomic mass is 10.2. The minimum atomic E-state index is 0. The molecule has 8 heteroatoms. The van der Waals surface area contributed by atoms with E-state index < -0.39 is 0 Å². The first-order chi connectivity index (χ1) is 13.7. The minimum absolute atomic E-state index is 0. The van der Waals surface area contributed by atoms with Crippen molar-refractivity contribution < 1.29 is 4.74 Å². The average Bonchev–Trinajstić information content (AvgIpc) is 2.74. The normalized spacial score (nSPS) is 15.1. The molecule has 7 nitrogen and oxygen atoms in total. The number of hydrogen-bond donors (Lipinski definition) is 2. The number of nitrogens with two attached hydrogens (primary N) is 1. The molecule has 1 fully saturated rings. The van der Waals surface area contributed by atoms with Crippen molar-refractivity contribution in [2.75, 3.05) is 50.1 Å². The van der Waals surface area contributed by atoms with Crippen LogP contribution in [0.1, 0.15) is 18.1 Å². The zero-order chi connectivity index (χ0) is 19.8. The van der Waals surface area contributed by atoms with Crippen LogP contribution in [0.5, 0.6) is 0 Å². The summed E-state index contributed by atoms with van der Waals surface area (Å²) in [5.74, 6) is 1.40. The topological polar surface area (TPSA) is 79.0 Å². The number of halogens is 1. The Hall–Kier alpha value is -1.91. The predicted molar refractivity (Wildman–Crippen MR) is 130 cm³/mol. The Kier molecular flexibility index (Phi) is 9.62. The van der Waals surface area contributed by atoms with Crippen molar-refractivity contribution >= 4 is 41.4 Å². The van der Waals surface area contributed by atoms with Crippen LogP contribution in [0.15, 0.2) is 47.6 Å². The van der Waals surface area contributed by atoms with Crippen molar-refractivity contribution in [3.63, 3.8) is 0 Å². The Morgan fingerprint density at radius 3 is 2.69 bits per heavy atom. The van der Waals surface area contributed by atoms with E-state index in [2.05, 4.69) is 38.1 Å². The highest BCUT2D eigenvalue weighted by atomic mass is 127. The van der Waals surface area contributed by atoms with Gasteiger partial charge in [0.15, 0.2) is 5.96 Å². The van der Waals surface area contributed by atoms with E-state index in [1.54, 1.807) is 7.11 Å². The van der Waals surface area contributed by atoms with E-state index in [9.17, 15) is 0 Å². The van der Waals surface area contributed by atoms with Crippen molar-refractivity contribution in [3.05, 3.63) is 53.7 Å². The van der Waals surface area contributed by atoms with Crippen molar-refractivity contribution in [2.24, 2.45) is 10.7 Å². The number of guanidine groups is 1. The second kappa shape index (κ2) is 11.9. The van der Waals surface area contributed by atoms with Gasteiger partial charge in [-0.1, -0.05) is 25.1 Å². The molecule has 0 aliphatic carbocycles. The fourth-order valence-electron chi connectivity index (χ4n) is 3.30. The molecule has 29 heavy (non-hydrogen) atoms. The highest BCUT2D eigenvalue weighted by molar-refractivity contribution is 14.0. The second-order valence-electron chi connectivity index (χ2n) is 6.86. The van der Waals surface area contributed by atoms with E-state index in [1.165, 1.54) is 0 Å². The summed E-state index contributed by atoms with van der Waals surface area (Å²) < 4.78 is 5.23. The Bertz CT molecular complexity index is 792. The van der Waals surface area contributed by atoms with E-state index >= 15 is 0 Å². The van der Waals surface area contributed by atoms with Crippen LogP contribution in [-0.2, 0) is 17.9 Å². The summed E-state index contributed by atoms with van der Waals surface area (Å²) in [5.41, 5.74) is 9.15. The molecule has 1 saturated heterocycles. The quantitative estimate of drug-likeness (QED) is 0.339. The van der Waals surface area contributed by atoms with Gasteiger partial charge in [-0.05, 0) is 30.3 Å². The van der Waals surface area contributed by atoms with E-state index in [-0.39, 0.29) is 24.0 Å². The number of nitrogens with zero attached hydrogens (tertiary/aromatic N) is 4. The van der Waals surface area contributed by atoms with Crippen LogP contribution in [0.2, 0.25) is 0 Å². The molecule has 0 unspecified atom stereocenters. The molecule has 1 aromatic heterocycles. The van der Waals surface area contributed by atoms with Crippen LogP contribution in [-0.4, -0.2) is 55.7 Å². The summed E-state index contributed by atoms with van der Waals surface area (Å²) >= 11 is 0. The van der Waals surface area contributed by atoms with Gasteiger partial charge in [0.25, 0.3) is 0 Å². The minimum Gasteiger partial charge on any atom is -0.380 e. The summed E-state index contributed by atoms with van der Waals surface area (Å²) in [6.45, 7) is 8.53. The maximum atomic E-state index is 6.10. The number of piperazine rings is 1. The van der Waals surface area contributed by atoms with Gasteiger partial charge in [0, 0.05) is 50.7 Å². The number of nitrogens with one attached hydrogen (secondary N) is 1. The molecule has 1 aliphatic rings. The van der Waals surface area contributed by atoms with E-state index in [1.807, 2.05) is 36.5 Å². The van der Waals surface area contributed by atoms with Gasteiger partial charge < -0.3 is 25.6 Å². The predicted octanol–water partition coefficient (Wildman–Crippen LogP) is 2.91. The van der Waals surface area contributed by atoms with Gasteiger partial charge in [0.2, 0.25) is 0 Å². The molecule has 0 amide bonds. The smallest absolute Gasteiger partial charge is 0.193 e. The van der Waals surface area contributed by atoms with Crippen molar-refractivity contribution in [2.45, 2.75) is 20.1 Å². The number of ether oxygens (including phenoxy) is 1. The largest absolute Gasteiger partial charge is 0.380 e. The molecular weight excluding hydrogens is 479 g/mol. The molecular formula is C21H31IN6O. The van der Waals surface area contributed by atoms with Gasteiger partial charge >= 0.3 is 0 Å². The molecule has 0 atom stereocenters. The van der Waals surface area contributed by atoms with E-state index in [4.69, 9.17) is 10.5 Å². The summed E-state index contributed by atoms with van der Waals surface area (Å²) in [4.78, 5) is 13.8. The number of aliphatic imine (C=N–C) groups is 1. The van der Waals surface area contributed by atoms with Crippen molar-refractivity contribution in [3.8, 4) is 0 Å². The first-order valence-electron chi connectivity index (χ1n) is 9.75. The number of likely N-dealkylation sites (N-methyl/N-ethyl adjacent to an activating group) is 1. The summed E-state index contributed by atoms with van der Waals surface area (Å²) in [7, 11) is 1.68. The number of hydrogen-bond acceptors (Lipinski definition) is 5. The third-order valence-electron chi connectivity index (χ3n) is 4.97. The SMILES string of the molecule is CCN1CCN(c2cc(CN=C(N)Nc3ccccc3COC)ccn2)CC1.I. The van der Waals surface area contributed by atoms with Gasteiger partial charge in [-0.25, -0.2) is 9.98 Å². The number of anilines is 2. The van der Waals surface area contributed by atoms with Crippen molar-refractivity contribution in [1.82, 2.24) is 9.88 Å². The number of rotatable bonds is 7. The first kappa shape index (κ1) is 23.4. The molecule has 0 saturated carbocycles. The summed E-state index contributed by atoms with van der Waals surface area (Å²) in [6, 6.07) is 12.0. The van der Waals surface area contributed by atoms with Crippen LogP contribution >= 0.6 is 24.0 Å². The van der Waals surface area contributed by atoms with Gasteiger partial charge in [-0.2, -0.15) is 0 Å². The molecule has 2 aromatic rings. The average molecular weight is 510 g/mol. The Morgan fingerprint density at radius 2 is 1.97 bits per heavy atom. The van der Waals surface area contributed by atoms with Crippen molar-refractivity contribution in [1.29, 1.82) is 0 Å². The molecule has 3 rings (SSSR count). The summed E-state index contributed by atoms with van der Waals surface area (Å²) in [5, 5.41) is 3.17. The number of benzene rings is 1. The lowest BCUT2D eigenvalue weighted by Gasteiger charge is -2.34. The highest BCUT2D eigenvalue weighted by Gasteiger charge is 2.16. The zero-order valence-electron chi connectivity index (χ0n) is 17.2. The standard InChI is InChI=1S/C21H30N6O.HI/c1-3-26-10-12-27(13-11-26)20-14-17(8-9-23-20)15-24-21(22)25-19-7-5-4-6-18(19)16-28-2;/h4-9,14H,3,10-13,15-16H2,1-2H3,(H3,22,24,25);1H. The molecule has 158 valence electrons. The number of methoxy groups -OCH3 is 1. The third kappa shape index (κ3) is 6.83. The van der Waals surface area contributed by atoms with Crippen LogP contribution in [0.3, 0.4) is 0 Å². The molecule has 1 aromatic carbocycles. The highest BCUT2D eigenvalue weighted by Crippen LogP contribution is 2.17. The zero-order valence-corrected chi connectivity index (χ0v) is 19.5. The first-order valence-corrected chi connectivity index (χ1v) is 9.75. The Balaban J connectivity index is 0.00000300. The maximum Gasteiger partial charge on any atom is 0.193 e. The van der Waals surface area contributed by atoms with Gasteiger partial charge in [0.05, 0.1) is 13.2 Å². The second-order valence-corrected chi connectivity index (χ2v) is 6.86. The number of aromatic nitrogens is 1. The van der Waals surface area contributed by atoms with E-state index in [0.29, 0.717) is 19.1 Å². The number of pyridine rings is 1. The molecule has 0 radical (unpaired) electrons. The van der Waals surface area contributed by atoms with Crippen LogP contribution in [0, 0.1) is 0 Å². The molecule has 1 aliphatic heterocycles. The van der Waals surface area contributed by atoms with E-state index in [0.717, 1.165) is 55.4 Å². The maximum absolute atomic E-state index is 6.10. The number of para-hydroxylation sites is 1. The lowest BCUT2D eigenvalue weighted by molar-refractivity contribution is 0.185. The Morgan fingerprint density at radius 1 is 1.21 bits per heavy atom. The molecule has 0 spiro atoms. The van der Waals surface area contributed by atoms with Gasteiger partial charge in [-0.15, -0.1) is 24.0 Å². The summed E-state index contributed by atoms with van der Waals surface area (Å²) in [6.07, 6.45) is 1.85. The van der Waals surface area contributed by atoms with Gasteiger partial charge in [-0.3, -0.25) is 0 Å². The lowest BCUT2D eigenvalue weighted by Crippen LogP contribution is -2.46. The Labute approximate surface area is 190 Å². The monoisotopic (exact) mass is 510 g/mol. The molecule has 2 heterocycles. The fourth-order valence-corrected chi connectivity index (χ4v) is 3.30. The van der Waals surface area contributed by atoms with Crippen LogP contribution in [0.4, 0.5) is 11.5 Å². The van der Waals surface area contributed by atoms with Crippen LogP contribution < -0.4 is 16.0 Å². The van der Waals surface area contributed by atoms with Crippen LogP contribution in [0.25, 0.3) is 0 Å². The van der Waals surface area contributed by atoms with Gasteiger partial charge in [0.1, 0.15) is 5.82 Å².